The van der Waals surface area contributed by atoms with Gasteiger partial charge in [-0.15, -0.1) is 0 Å². The quantitative estimate of drug-likeness (QED) is 0.134. The standard InChI is InChI=1S/C55H64O4.2ClH.Zr/c1-33-23-35(3)49(36(4)24-33)45-29-39(53(7,8)9)27-43(51(45)56)41-19-15-17-21-47(41)58-31-55(13,14)32-59-48-22-18-16-20-42(48)44-28-40(54(10,11)12)30-46(52(44)57)50-37(5)25-34(2)26-38(50)6;;;/h15-30,56-57H,31-32H2,1-14H3;2*1H;/q;;;+2. The number of para-hydroxylation sites is 2. The van der Waals surface area contributed by atoms with Gasteiger partial charge in [0.2, 0.25) is 0 Å². The molecule has 0 aliphatic heterocycles. The molecule has 0 aliphatic rings. The summed E-state index contributed by atoms with van der Waals surface area (Å²) in [5, 5.41) is 24.2. The Balaban J connectivity index is 0.00000235. The van der Waals surface area contributed by atoms with E-state index in [0.717, 1.165) is 89.4 Å². The molecular weight excluding hydrogens is 887 g/mol. The van der Waals surface area contributed by atoms with Crippen LogP contribution in [0.15, 0.2) is 97.1 Å². The maximum atomic E-state index is 12.1. The Morgan fingerprint density at radius 1 is 0.452 bits per heavy atom. The number of benzene rings is 6. The zero-order chi connectivity index (χ0) is 45.9. The van der Waals surface area contributed by atoms with E-state index in [2.05, 4.69) is 158 Å². The number of aromatic hydroxyl groups is 4. The van der Waals surface area contributed by atoms with E-state index in [4.69, 9.17) is 26.5 Å². The fraction of sp³-hybridized carbons (Fsp3) is 0.345. The van der Waals surface area contributed by atoms with Crippen LogP contribution in [0.2, 0.25) is 0 Å². The van der Waals surface area contributed by atoms with Crippen molar-refractivity contribution in [1.82, 2.24) is 0 Å². The first-order chi connectivity index (χ1) is 29.0. The normalized spacial score (nSPS) is 11.8. The number of ether oxygens (including phenoxy) is 2. The Bertz CT molecular complexity index is 2340. The molecule has 0 unspecified atom stereocenters. The van der Waals surface area contributed by atoms with Crippen LogP contribution in [0, 0.1) is 47.0 Å². The molecule has 62 heavy (non-hydrogen) atoms. The third-order valence-corrected chi connectivity index (χ3v) is 11.6. The van der Waals surface area contributed by atoms with Gasteiger partial charge in [0.1, 0.15) is 16.9 Å². The number of aryl methyl sites for hydroxylation is 6. The molecule has 0 amide bonds. The van der Waals surface area contributed by atoms with Crippen molar-refractivity contribution in [2.75, 3.05) is 13.2 Å². The van der Waals surface area contributed by atoms with E-state index in [9.17, 15) is 10.2 Å². The molecule has 0 heterocycles. The maximum absolute atomic E-state index is 12.1. The Hall–Kier alpha value is -4.02. The van der Waals surface area contributed by atoms with Crippen molar-refractivity contribution in [2.24, 2.45) is 5.41 Å². The van der Waals surface area contributed by atoms with Crippen molar-refractivity contribution >= 4 is 17.0 Å². The molecule has 0 aromatic heterocycles. The predicted octanol–water partition coefficient (Wildman–Crippen LogP) is 15.8. The van der Waals surface area contributed by atoms with Crippen molar-refractivity contribution in [3.8, 4) is 67.5 Å². The molecule has 0 saturated heterocycles. The van der Waals surface area contributed by atoms with Crippen LogP contribution in [0.1, 0.15) is 99.9 Å². The minimum atomic E-state index is -0.826. The number of hydrogen-bond donors (Lipinski definition) is 2. The average Bonchev–Trinajstić information content (AvgIpc) is 3.16. The third kappa shape index (κ3) is 11.4. The molecule has 0 atom stereocenters. The van der Waals surface area contributed by atoms with Crippen LogP contribution in [-0.2, 0) is 31.7 Å². The Morgan fingerprint density at radius 3 is 1.05 bits per heavy atom. The van der Waals surface area contributed by atoms with Gasteiger partial charge < -0.3 is 19.7 Å². The van der Waals surface area contributed by atoms with Gasteiger partial charge in [-0.1, -0.05) is 101 Å². The van der Waals surface area contributed by atoms with Crippen LogP contribution < -0.4 is 0 Å². The van der Waals surface area contributed by atoms with Gasteiger partial charge in [-0.05, 0) is 147 Å². The van der Waals surface area contributed by atoms with Crippen molar-refractivity contribution in [3.63, 3.8) is 0 Å². The summed E-state index contributed by atoms with van der Waals surface area (Å²) in [6, 6.07) is 33.7. The molecule has 0 saturated carbocycles. The third-order valence-electron chi connectivity index (χ3n) is 11.6. The van der Waals surface area contributed by atoms with E-state index >= 15 is 0 Å². The number of phenolic OH excluding ortho intramolecular Hbond substituents is 2. The summed E-state index contributed by atoms with van der Waals surface area (Å²) in [5.74, 6) is 2.22. The molecule has 4 N–H and O–H groups in total. The summed E-state index contributed by atoms with van der Waals surface area (Å²) >= 11 is -0.826. The Kier molecular flexibility index (Phi) is 15.6. The monoisotopic (exact) mass is 950 g/mol. The molecule has 0 fully saturated rings. The molecule has 326 valence electrons. The van der Waals surface area contributed by atoms with Crippen LogP contribution >= 0.6 is 17.0 Å². The van der Waals surface area contributed by atoms with Gasteiger partial charge in [0.15, 0.2) is 13.2 Å². The molecule has 7 heteroatoms. The second-order valence-corrected chi connectivity index (χ2v) is 23.5. The molecule has 6 aromatic carbocycles. The fourth-order valence-electron chi connectivity index (χ4n) is 8.46. The van der Waals surface area contributed by atoms with Gasteiger partial charge in [-0.2, -0.15) is 0 Å². The van der Waals surface area contributed by atoms with Crippen molar-refractivity contribution < 1.29 is 40.5 Å². The van der Waals surface area contributed by atoms with Crippen LogP contribution in [0.4, 0.5) is 0 Å². The number of hydrogen-bond acceptors (Lipinski definition) is 2. The van der Waals surface area contributed by atoms with Crippen molar-refractivity contribution in [2.45, 2.75) is 108 Å². The Labute approximate surface area is 390 Å². The average molecular weight is 953 g/mol. The van der Waals surface area contributed by atoms with Gasteiger partial charge in [0, 0.05) is 34.4 Å². The fourth-order valence-corrected chi connectivity index (χ4v) is 8.46. The molecule has 0 aliphatic carbocycles. The summed E-state index contributed by atoms with van der Waals surface area (Å²) in [4.78, 5) is 0. The van der Waals surface area contributed by atoms with E-state index in [1.165, 1.54) is 11.1 Å². The second-order valence-electron chi connectivity index (χ2n) is 19.8. The van der Waals surface area contributed by atoms with Gasteiger partial charge >= 0.3 is 37.9 Å². The molecule has 6 aromatic rings. The first kappa shape index (κ1) is 49.0. The van der Waals surface area contributed by atoms with E-state index in [1.807, 2.05) is 36.4 Å². The number of halogens is 2. The summed E-state index contributed by atoms with van der Waals surface area (Å²) in [6.45, 7) is 31.5. The zero-order valence-corrected chi connectivity index (χ0v) is 43.2. The summed E-state index contributed by atoms with van der Waals surface area (Å²) in [7, 11) is 9.87. The molecular formula is C55H66Cl2O4Zr+2. The molecule has 0 spiro atoms. The van der Waals surface area contributed by atoms with E-state index in [1.54, 1.807) is 0 Å². The van der Waals surface area contributed by atoms with E-state index in [-0.39, 0.29) is 27.7 Å². The number of phenols is 2. The summed E-state index contributed by atoms with van der Waals surface area (Å²) in [6.07, 6.45) is 0. The zero-order valence-electron chi connectivity index (χ0n) is 39.2. The first-order valence-corrected chi connectivity index (χ1v) is 27.7. The first-order valence-electron chi connectivity index (χ1n) is 21.4. The van der Waals surface area contributed by atoms with E-state index in [0.29, 0.717) is 13.2 Å². The predicted molar refractivity (Wildman–Crippen MR) is 262 cm³/mol. The van der Waals surface area contributed by atoms with Gasteiger partial charge in [0.05, 0.1) is 11.1 Å². The van der Waals surface area contributed by atoms with Gasteiger partial charge in [-0.25, -0.2) is 0 Å². The van der Waals surface area contributed by atoms with Crippen LogP contribution in [-0.4, -0.2) is 32.9 Å². The van der Waals surface area contributed by atoms with Crippen LogP contribution in [0.25, 0.3) is 44.5 Å². The van der Waals surface area contributed by atoms with Crippen molar-refractivity contribution in [1.29, 1.82) is 0 Å². The molecule has 4 nitrogen and oxygen atoms in total. The SMILES string of the molecule is Cc1cc(C)c(-c2cc(C(C)(C)C)cc(-c3ccccc3[OH+]CC(C)(C)C[OH+]c3ccccc3-c3cc(C(C)(C)C)cc(-c4c(C)cc(C)cc4C)c3O)c2O)c(C)c1.[Cl][Zr][Cl]. The minimum absolute atomic E-state index is 0.138. The Morgan fingerprint density at radius 2 is 0.742 bits per heavy atom. The second kappa shape index (κ2) is 19.8. The molecule has 6 rings (SSSR count). The van der Waals surface area contributed by atoms with Crippen LogP contribution in [0.5, 0.6) is 23.0 Å². The number of rotatable bonds is 10. The van der Waals surface area contributed by atoms with Gasteiger partial charge in [-0.3, -0.25) is 0 Å². The summed E-state index contributed by atoms with van der Waals surface area (Å²) < 4.78 is 10.5. The molecule has 0 bridgehead atoms. The molecule has 0 radical (unpaired) electrons. The topological polar surface area (TPSA) is 66.1 Å². The van der Waals surface area contributed by atoms with Crippen LogP contribution in [0.3, 0.4) is 0 Å². The number of aliphatic hydroxyl groups is 2. The van der Waals surface area contributed by atoms with Crippen molar-refractivity contribution in [3.05, 3.63) is 142 Å². The van der Waals surface area contributed by atoms with E-state index < -0.39 is 20.8 Å². The van der Waals surface area contributed by atoms with Gasteiger partial charge in [0.25, 0.3) is 11.5 Å². The summed E-state index contributed by atoms with van der Waals surface area (Å²) in [5.41, 5.74) is 16.0.